The molecule has 3 heteroatoms. The lowest BCUT2D eigenvalue weighted by molar-refractivity contribution is 0.660. The Morgan fingerprint density at radius 3 is 1.35 bits per heavy atom. The van der Waals surface area contributed by atoms with Crippen LogP contribution in [0, 0.1) is 6.92 Å². The molecule has 0 atom stereocenters. The van der Waals surface area contributed by atoms with Gasteiger partial charge < -0.3 is 4.57 Å². The number of aromatic nitrogens is 1. The van der Waals surface area contributed by atoms with Crippen molar-refractivity contribution in [3.05, 3.63) is 215 Å². The topological polar surface area (TPSA) is 11.4 Å². The summed E-state index contributed by atoms with van der Waals surface area (Å²) in [6.45, 7) is 12.4. The van der Waals surface area contributed by atoms with E-state index in [1.807, 2.05) is 0 Å². The largest absolute Gasteiger partial charge is 0.309 e. The van der Waals surface area contributed by atoms with Gasteiger partial charge in [0.25, 0.3) is 0 Å². The Hall–Kier alpha value is -6.58. The van der Waals surface area contributed by atoms with Gasteiger partial charge in [-0.15, -0.1) is 0 Å². The van der Waals surface area contributed by atoms with E-state index in [0.717, 1.165) is 34.4 Å². The van der Waals surface area contributed by atoms with Crippen molar-refractivity contribution in [2.45, 2.75) is 52.0 Å². The minimum Gasteiger partial charge on any atom is -0.309 e. The molecule has 0 N–H and O–H groups in total. The van der Waals surface area contributed by atoms with E-state index in [9.17, 15) is 0 Å². The molecule has 0 fully saturated rings. The van der Waals surface area contributed by atoms with Gasteiger partial charge in [-0.3, -0.25) is 9.80 Å². The molecule has 0 spiro atoms. The fraction of sp³-hybridized carbons (Fsp3) is 0.148. The molecule has 278 valence electrons. The molecule has 0 amide bonds. The summed E-state index contributed by atoms with van der Waals surface area (Å²) < 4.78 is 2.53. The summed E-state index contributed by atoms with van der Waals surface area (Å²) in [7, 11) is 0. The van der Waals surface area contributed by atoms with Crippen molar-refractivity contribution in [2.24, 2.45) is 0 Å². The predicted octanol–water partition coefficient (Wildman–Crippen LogP) is 14.4. The van der Waals surface area contributed by atoms with Gasteiger partial charge in [-0.05, 0) is 117 Å². The molecule has 0 radical (unpaired) electrons. The summed E-state index contributed by atoms with van der Waals surface area (Å²) in [5.41, 5.74) is 17.5. The average Bonchev–Trinajstić information content (AvgIpc) is 3.76. The van der Waals surface area contributed by atoms with Crippen molar-refractivity contribution in [2.75, 3.05) is 9.80 Å². The molecule has 1 heterocycles. The van der Waals surface area contributed by atoms with Gasteiger partial charge >= 0.3 is 0 Å². The Morgan fingerprint density at radius 2 is 0.825 bits per heavy atom. The number of aryl methyl sites for hydroxylation is 1. The van der Waals surface area contributed by atoms with Crippen LogP contribution in [-0.2, 0) is 17.4 Å². The van der Waals surface area contributed by atoms with Crippen molar-refractivity contribution in [1.82, 2.24) is 4.57 Å². The van der Waals surface area contributed by atoms with Crippen LogP contribution in [0.15, 0.2) is 182 Å². The van der Waals surface area contributed by atoms with Gasteiger partial charge in [0, 0.05) is 33.6 Å². The van der Waals surface area contributed by atoms with E-state index in [1.165, 1.54) is 55.6 Å². The zero-order chi connectivity index (χ0) is 38.9. The molecule has 0 saturated heterocycles. The van der Waals surface area contributed by atoms with E-state index in [0.29, 0.717) is 6.54 Å². The van der Waals surface area contributed by atoms with E-state index in [4.69, 9.17) is 0 Å². The van der Waals surface area contributed by atoms with Crippen LogP contribution in [0.4, 0.5) is 34.4 Å². The molecule has 0 aliphatic heterocycles. The lowest BCUT2D eigenvalue weighted by Crippen LogP contribution is -2.21. The predicted molar refractivity (Wildman–Crippen MR) is 239 cm³/mol. The van der Waals surface area contributed by atoms with Gasteiger partial charge in [-0.2, -0.15) is 0 Å². The minimum atomic E-state index is -0.123. The first-order valence-corrected chi connectivity index (χ1v) is 20.1. The summed E-state index contributed by atoms with van der Waals surface area (Å²) in [4.78, 5) is 4.94. The highest BCUT2D eigenvalue weighted by atomic mass is 15.3. The summed E-state index contributed by atoms with van der Waals surface area (Å²) in [5, 5.41) is 0. The monoisotopic (exact) mass is 737 g/mol. The van der Waals surface area contributed by atoms with Crippen molar-refractivity contribution in [3.8, 4) is 22.3 Å². The van der Waals surface area contributed by atoms with E-state index in [-0.39, 0.29) is 10.8 Å². The van der Waals surface area contributed by atoms with Crippen molar-refractivity contribution in [3.63, 3.8) is 0 Å². The second kappa shape index (κ2) is 13.3. The highest BCUT2D eigenvalue weighted by Crippen LogP contribution is 2.53. The number of hydrogen-bond acceptors (Lipinski definition) is 2. The molecule has 0 bridgehead atoms. The Morgan fingerprint density at radius 1 is 0.404 bits per heavy atom. The number of fused-ring (bicyclic) bond motifs is 6. The highest BCUT2D eigenvalue weighted by molar-refractivity contribution is 5.89. The Bertz CT molecular complexity index is 2780. The standard InChI is InChI=1S/C54H47N3/c1-37-33-51(56(39-21-11-7-12-22-39)41-29-31-45-43-25-15-17-27-47(43)53(2,3)49(45)34-41)55(36-38-19-9-6-10-20-38)52(37)57(40-23-13-8-14-24-40)42-30-32-46-44-26-16-18-28-48(44)54(4,5)50(46)35-42/h6-35H,36H2,1-5H3. The number of rotatable bonds is 8. The SMILES string of the molecule is Cc1cc(N(c2ccccc2)c2ccc3c(c2)C(C)(C)c2ccccc2-3)n(Cc2ccccc2)c1N(c1ccccc1)c1ccc2c(c1)C(C)(C)c1ccccc1-2. The van der Waals surface area contributed by atoms with Crippen LogP contribution < -0.4 is 9.80 Å². The molecule has 0 saturated carbocycles. The first-order valence-electron chi connectivity index (χ1n) is 20.1. The van der Waals surface area contributed by atoms with Gasteiger partial charge in [0.15, 0.2) is 0 Å². The zero-order valence-electron chi connectivity index (χ0n) is 33.4. The van der Waals surface area contributed by atoms with Crippen LogP contribution >= 0.6 is 0 Å². The lowest BCUT2D eigenvalue weighted by Gasteiger charge is -2.32. The molecular weight excluding hydrogens is 691 g/mol. The summed E-state index contributed by atoms with van der Waals surface area (Å²) in [5.74, 6) is 2.25. The third kappa shape index (κ3) is 5.56. The first-order chi connectivity index (χ1) is 27.7. The molecule has 10 rings (SSSR count). The second-order valence-electron chi connectivity index (χ2n) is 16.7. The number of hydrogen-bond donors (Lipinski definition) is 0. The maximum Gasteiger partial charge on any atom is 0.122 e. The zero-order valence-corrected chi connectivity index (χ0v) is 33.4. The molecule has 57 heavy (non-hydrogen) atoms. The maximum absolute atomic E-state index is 2.53. The van der Waals surface area contributed by atoms with Crippen LogP contribution in [0.1, 0.15) is 61.1 Å². The second-order valence-corrected chi connectivity index (χ2v) is 16.7. The fourth-order valence-corrected chi connectivity index (χ4v) is 9.69. The van der Waals surface area contributed by atoms with Crippen LogP contribution in [-0.4, -0.2) is 4.57 Å². The number of nitrogens with zero attached hydrogens (tertiary/aromatic N) is 3. The van der Waals surface area contributed by atoms with Crippen LogP contribution in [0.2, 0.25) is 0 Å². The fourth-order valence-electron chi connectivity index (χ4n) is 9.69. The molecule has 2 aliphatic rings. The highest BCUT2D eigenvalue weighted by Gasteiger charge is 2.38. The molecule has 8 aromatic rings. The Balaban J connectivity index is 1.21. The van der Waals surface area contributed by atoms with Gasteiger partial charge in [-0.25, -0.2) is 0 Å². The molecule has 2 aliphatic carbocycles. The van der Waals surface area contributed by atoms with E-state index < -0.39 is 0 Å². The van der Waals surface area contributed by atoms with E-state index in [2.05, 4.69) is 231 Å². The molecule has 3 nitrogen and oxygen atoms in total. The van der Waals surface area contributed by atoms with Crippen molar-refractivity contribution >= 4 is 34.4 Å². The molecule has 7 aromatic carbocycles. The summed E-state index contributed by atoms with van der Waals surface area (Å²) >= 11 is 0. The van der Waals surface area contributed by atoms with Crippen LogP contribution in [0.3, 0.4) is 0 Å². The van der Waals surface area contributed by atoms with Crippen LogP contribution in [0.5, 0.6) is 0 Å². The smallest absolute Gasteiger partial charge is 0.122 e. The third-order valence-electron chi connectivity index (χ3n) is 12.5. The van der Waals surface area contributed by atoms with Gasteiger partial charge in [0.1, 0.15) is 11.6 Å². The van der Waals surface area contributed by atoms with Gasteiger partial charge in [0.05, 0.1) is 6.54 Å². The molecular formula is C54H47N3. The van der Waals surface area contributed by atoms with Crippen LogP contribution in [0.25, 0.3) is 22.3 Å². The third-order valence-corrected chi connectivity index (χ3v) is 12.5. The van der Waals surface area contributed by atoms with Crippen molar-refractivity contribution < 1.29 is 0 Å². The summed E-state index contributed by atoms with van der Waals surface area (Å²) in [6, 6.07) is 67.0. The lowest BCUT2D eigenvalue weighted by atomic mass is 9.82. The maximum atomic E-state index is 2.53. The number of anilines is 6. The number of para-hydroxylation sites is 2. The molecule has 0 unspecified atom stereocenters. The minimum absolute atomic E-state index is 0.123. The Kier molecular flexibility index (Phi) is 8.12. The van der Waals surface area contributed by atoms with Crippen molar-refractivity contribution in [1.29, 1.82) is 0 Å². The Labute approximate surface area is 337 Å². The normalized spacial score (nSPS) is 14.1. The quantitative estimate of drug-likeness (QED) is 0.154. The summed E-state index contributed by atoms with van der Waals surface area (Å²) in [6.07, 6.45) is 0. The molecule has 1 aromatic heterocycles. The van der Waals surface area contributed by atoms with Gasteiger partial charge in [0.2, 0.25) is 0 Å². The first kappa shape index (κ1) is 34.9. The van der Waals surface area contributed by atoms with Gasteiger partial charge in [-0.1, -0.05) is 155 Å². The average molecular weight is 738 g/mol. The van der Waals surface area contributed by atoms with E-state index >= 15 is 0 Å². The number of benzene rings is 7. The van der Waals surface area contributed by atoms with E-state index in [1.54, 1.807) is 0 Å².